The van der Waals surface area contributed by atoms with Gasteiger partial charge in [0.1, 0.15) is 17.0 Å². The van der Waals surface area contributed by atoms with Crippen LogP contribution in [0.4, 0.5) is 19.0 Å². The number of anilines is 1. The topological polar surface area (TPSA) is 89.8 Å². The van der Waals surface area contributed by atoms with E-state index in [1.54, 1.807) is 19.9 Å². The van der Waals surface area contributed by atoms with Crippen molar-refractivity contribution in [1.82, 2.24) is 19.7 Å². The molecule has 1 N–H and O–H groups in total. The lowest BCUT2D eigenvalue weighted by Crippen LogP contribution is -2.16. The molecule has 3 aromatic rings. The molecule has 0 bridgehead atoms. The Morgan fingerprint density at radius 3 is 2.43 bits per heavy atom. The lowest BCUT2D eigenvalue weighted by Gasteiger charge is -2.12. The standard InChI is InChI=1S/C16H13ClF3N5O2S/c1-9-5-10(2)25(23-9)15-7-14(21-8-22-15)24-28(26,27)13-6-11(16(18,19)20)3-4-12(13)17/h3-8H,1-2H3,(H,21,22,24). The van der Waals surface area contributed by atoms with Crippen molar-refractivity contribution in [3.8, 4) is 5.82 Å². The lowest BCUT2D eigenvalue weighted by molar-refractivity contribution is -0.137. The predicted molar refractivity (Wildman–Crippen MR) is 95.9 cm³/mol. The number of aromatic nitrogens is 4. The first-order valence-electron chi connectivity index (χ1n) is 7.72. The summed E-state index contributed by atoms with van der Waals surface area (Å²) in [5.74, 6) is 0.138. The van der Waals surface area contributed by atoms with Crippen LogP contribution >= 0.6 is 11.6 Å². The fraction of sp³-hybridized carbons (Fsp3) is 0.188. The van der Waals surface area contributed by atoms with Gasteiger partial charge in [0.15, 0.2) is 5.82 Å². The maximum Gasteiger partial charge on any atom is 0.416 e. The predicted octanol–water partition coefficient (Wildman–Crippen LogP) is 3.75. The van der Waals surface area contributed by atoms with E-state index in [9.17, 15) is 21.6 Å². The molecule has 148 valence electrons. The fourth-order valence-electron chi connectivity index (χ4n) is 2.46. The largest absolute Gasteiger partial charge is 0.416 e. The average Bonchev–Trinajstić information content (AvgIpc) is 2.92. The average molecular weight is 432 g/mol. The van der Waals surface area contributed by atoms with E-state index in [0.717, 1.165) is 23.8 Å². The molecule has 0 fully saturated rings. The van der Waals surface area contributed by atoms with Crippen molar-refractivity contribution in [3.05, 3.63) is 58.6 Å². The van der Waals surface area contributed by atoms with E-state index < -0.39 is 26.7 Å². The second-order valence-electron chi connectivity index (χ2n) is 5.85. The third kappa shape index (κ3) is 4.09. The fourth-order valence-corrected chi connectivity index (χ4v) is 3.98. The quantitative estimate of drug-likeness (QED) is 0.679. The van der Waals surface area contributed by atoms with Crippen LogP contribution in [0.15, 0.2) is 41.6 Å². The van der Waals surface area contributed by atoms with Crippen molar-refractivity contribution in [2.24, 2.45) is 0 Å². The van der Waals surface area contributed by atoms with Gasteiger partial charge in [0.25, 0.3) is 10.0 Å². The second-order valence-corrected chi connectivity index (χ2v) is 7.91. The molecule has 0 saturated heterocycles. The third-order valence-corrected chi connectivity index (χ3v) is 5.50. The number of nitrogens with one attached hydrogen (secondary N) is 1. The molecule has 28 heavy (non-hydrogen) atoms. The van der Waals surface area contributed by atoms with E-state index in [-0.39, 0.29) is 16.7 Å². The molecule has 0 spiro atoms. The minimum absolute atomic E-state index is 0.147. The molecule has 0 unspecified atom stereocenters. The highest BCUT2D eigenvalue weighted by Crippen LogP contribution is 2.33. The van der Waals surface area contributed by atoms with Gasteiger partial charge in [0.05, 0.1) is 16.3 Å². The van der Waals surface area contributed by atoms with Gasteiger partial charge in [-0.05, 0) is 38.1 Å². The molecule has 1 aromatic carbocycles. The van der Waals surface area contributed by atoms with Crippen LogP contribution in [0.3, 0.4) is 0 Å². The van der Waals surface area contributed by atoms with Gasteiger partial charge >= 0.3 is 6.18 Å². The van der Waals surface area contributed by atoms with Gasteiger partial charge in [0, 0.05) is 11.8 Å². The Balaban J connectivity index is 1.98. The number of nitrogens with zero attached hydrogens (tertiary/aromatic N) is 4. The molecule has 0 saturated carbocycles. The lowest BCUT2D eigenvalue weighted by atomic mass is 10.2. The first kappa shape index (κ1) is 20.1. The summed E-state index contributed by atoms with van der Waals surface area (Å²) in [6.07, 6.45) is -3.61. The van der Waals surface area contributed by atoms with E-state index in [0.29, 0.717) is 12.1 Å². The number of halogens is 4. The van der Waals surface area contributed by atoms with Crippen LogP contribution < -0.4 is 4.72 Å². The molecule has 7 nitrogen and oxygen atoms in total. The molecular formula is C16H13ClF3N5O2S. The van der Waals surface area contributed by atoms with Gasteiger partial charge in [-0.2, -0.15) is 18.3 Å². The first-order chi connectivity index (χ1) is 13.0. The molecule has 0 aliphatic rings. The van der Waals surface area contributed by atoms with Crippen molar-refractivity contribution < 1.29 is 21.6 Å². The van der Waals surface area contributed by atoms with Crippen molar-refractivity contribution in [1.29, 1.82) is 0 Å². The summed E-state index contributed by atoms with van der Waals surface area (Å²) < 4.78 is 67.5. The molecule has 0 radical (unpaired) electrons. The van der Waals surface area contributed by atoms with Crippen molar-refractivity contribution in [2.75, 3.05) is 4.72 Å². The van der Waals surface area contributed by atoms with E-state index in [1.807, 2.05) is 0 Å². The van der Waals surface area contributed by atoms with E-state index in [2.05, 4.69) is 19.8 Å². The third-order valence-electron chi connectivity index (χ3n) is 3.67. The molecule has 2 heterocycles. The summed E-state index contributed by atoms with van der Waals surface area (Å²) in [5.41, 5.74) is 0.350. The van der Waals surface area contributed by atoms with Crippen molar-refractivity contribution >= 4 is 27.4 Å². The Morgan fingerprint density at radius 1 is 1.11 bits per heavy atom. The van der Waals surface area contributed by atoms with Gasteiger partial charge in [-0.25, -0.2) is 23.1 Å². The first-order valence-corrected chi connectivity index (χ1v) is 9.59. The summed E-state index contributed by atoms with van der Waals surface area (Å²) in [5, 5.41) is 3.88. The molecule has 0 aliphatic heterocycles. The van der Waals surface area contributed by atoms with Crippen LogP contribution in [0, 0.1) is 13.8 Å². The van der Waals surface area contributed by atoms with Gasteiger partial charge < -0.3 is 0 Å². The zero-order chi connectivity index (χ0) is 20.7. The minimum atomic E-state index is -4.72. The monoisotopic (exact) mass is 431 g/mol. The molecule has 0 amide bonds. The maximum atomic E-state index is 12.9. The SMILES string of the molecule is Cc1cc(C)n(-c2cc(NS(=O)(=O)c3cc(C(F)(F)F)ccc3Cl)ncn2)n1. The van der Waals surface area contributed by atoms with E-state index >= 15 is 0 Å². The molecule has 0 aliphatic carbocycles. The minimum Gasteiger partial charge on any atom is -0.263 e. The van der Waals surface area contributed by atoms with Gasteiger partial charge in [-0.15, -0.1) is 0 Å². The van der Waals surface area contributed by atoms with Gasteiger partial charge in [-0.1, -0.05) is 11.6 Å². The summed E-state index contributed by atoms with van der Waals surface area (Å²) in [6, 6.07) is 5.15. The van der Waals surface area contributed by atoms with Crippen LogP contribution in [-0.4, -0.2) is 28.2 Å². The molecule has 12 heteroatoms. The van der Waals surface area contributed by atoms with Crippen LogP contribution in [0.25, 0.3) is 5.82 Å². The number of aryl methyl sites for hydroxylation is 2. The highest BCUT2D eigenvalue weighted by atomic mass is 35.5. The molecule has 3 rings (SSSR count). The smallest absolute Gasteiger partial charge is 0.263 e. The number of rotatable bonds is 4. The van der Waals surface area contributed by atoms with Crippen LogP contribution in [0.2, 0.25) is 5.02 Å². The Labute approximate surface area is 163 Å². The number of sulfonamides is 1. The van der Waals surface area contributed by atoms with Crippen LogP contribution in [0.5, 0.6) is 0 Å². The van der Waals surface area contributed by atoms with Crippen LogP contribution in [-0.2, 0) is 16.2 Å². The maximum absolute atomic E-state index is 12.9. The summed E-state index contributed by atoms with van der Waals surface area (Å²) in [7, 11) is -4.43. The van der Waals surface area contributed by atoms with Gasteiger partial charge in [0.2, 0.25) is 0 Å². The Hall–Kier alpha value is -2.66. The molecule has 0 atom stereocenters. The van der Waals surface area contributed by atoms with Crippen molar-refractivity contribution in [2.45, 2.75) is 24.9 Å². The Bertz CT molecular complexity index is 1150. The summed E-state index contributed by atoms with van der Waals surface area (Å²) in [4.78, 5) is 7.12. The van der Waals surface area contributed by atoms with Crippen LogP contribution in [0.1, 0.15) is 17.0 Å². The van der Waals surface area contributed by atoms with E-state index in [4.69, 9.17) is 11.6 Å². The highest BCUT2D eigenvalue weighted by Gasteiger charge is 2.33. The molecule has 2 aromatic heterocycles. The molecular weight excluding hydrogens is 419 g/mol. The zero-order valence-corrected chi connectivity index (χ0v) is 16.1. The Kier molecular flexibility index (Phi) is 5.06. The second kappa shape index (κ2) is 7.06. The van der Waals surface area contributed by atoms with Gasteiger partial charge in [-0.3, -0.25) is 4.72 Å². The summed E-state index contributed by atoms with van der Waals surface area (Å²) in [6.45, 7) is 3.57. The Morgan fingerprint density at radius 2 is 1.82 bits per heavy atom. The zero-order valence-electron chi connectivity index (χ0n) is 14.5. The van der Waals surface area contributed by atoms with E-state index in [1.165, 1.54) is 10.7 Å². The highest BCUT2D eigenvalue weighted by molar-refractivity contribution is 7.92. The number of alkyl halides is 3. The number of hydrogen-bond acceptors (Lipinski definition) is 5. The summed E-state index contributed by atoms with van der Waals surface area (Å²) >= 11 is 5.81. The number of benzene rings is 1. The van der Waals surface area contributed by atoms with Crippen molar-refractivity contribution in [3.63, 3.8) is 0 Å². The number of hydrogen-bond donors (Lipinski definition) is 1. The normalized spacial score (nSPS) is 12.2.